The molecule has 1 aromatic rings. The summed E-state index contributed by atoms with van der Waals surface area (Å²) in [6.45, 7) is 9.33. The summed E-state index contributed by atoms with van der Waals surface area (Å²) in [5, 5.41) is 5.44. The quantitative estimate of drug-likeness (QED) is 0.706. The van der Waals surface area contributed by atoms with Gasteiger partial charge in [0.05, 0.1) is 12.5 Å². The maximum Gasteiger partial charge on any atom is 0.307 e. The summed E-state index contributed by atoms with van der Waals surface area (Å²) in [5.41, 5.74) is 1.49. The van der Waals surface area contributed by atoms with Gasteiger partial charge >= 0.3 is 5.97 Å². The van der Waals surface area contributed by atoms with Crippen LogP contribution in [0.2, 0.25) is 0 Å². The molecular weight excluding hydrogens is 320 g/mol. The molecule has 1 aromatic carbocycles. The van der Waals surface area contributed by atoms with Crippen molar-refractivity contribution in [3.63, 3.8) is 0 Å². The van der Waals surface area contributed by atoms with Crippen LogP contribution in [0.4, 0.5) is 0 Å². The Morgan fingerprint density at radius 2 is 1.80 bits per heavy atom. The van der Waals surface area contributed by atoms with E-state index in [1.165, 1.54) is 0 Å². The van der Waals surface area contributed by atoms with Crippen LogP contribution in [0.3, 0.4) is 0 Å². The van der Waals surface area contributed by atoms with Crippen molar-refractivity contribution in [2.75, 3.05) is 6.54 Å². The highest BCUT2D eigenvalue weighted by atomic mass is 16.5. The van der Waals surface area contributed by atoms with Crippen LogP contribution < -0.4 is 10.6 Å². The Bertz CT molecular complexity index is 611. The highest BCUT2D eigenvalue weighted by Gasteiger charge is 2.24. The summed E-state index contributed by atoms with van der Waals surface area (Å²) in [4.78, 5) is 36.2. The van der Waals surface area contributed by atoms with E-state index in [1.54, 1.807) is 32.0 Å². The van der Waals surface area contributed by atoms with Gasteiger partial charge in [0.25, 0.3) is 5.91 Å². The minimum absolute atomic E-state index is 0.0867. The van der Waals surface area contributed by atoms with Crippen molar-refractivity contribution in [1.29, 1.82) is 0 Å². The van der Waals surface area contributed by atoms with Crippen molar-refractivity contribution in [3.05, 3.63) is 35.4 Å². The lowest BCUT2D eigenvalue weighted by atomic mass is 10.0. The van der Waals surface area contributed by atoms with Gasteiger partial charge in [0.15, 0.2) is 0 Å². The summed E-state index contributed by atoms with van der Waals surface area (Å²) in [6.07, 6.45) is -0.0826. The smallest absolute Gasteiger partial charge is 0.307 e. The van der Waals surface area contributed by atoms with E-state index in [1.807, 2.05) is 26.8 Å². The number of hydrogen-bond donors (Lipinski definition) is 2. The Kier molecular flexibility index (Phi) is 8.11. The molecule has 1 atom stereocenters. The Morgan fingerprint density at radius 3 is 2.36 bits per heavy atom. The third-order valence-electron chi connectivity index (χ3n) is 3.51. The first kappa shape index (κ1) is 20.7. The van der Waals surface area contributed by atoms with Gasteiger partial charge in [0.1, 0.15) is 6.04 Å². The van der Waals surface area contributed by atoms with Gasteiger partial charge in [0, 0.05) is 12.1 Å². The zero-order chi connectivity index (χ0) is 19.0. The van der Waals surface area contributed by atoms with Gasteiger partial charge in [-0.15, -0.1) is 0 Å². The second-order valence-corrected chi connectivity index (χ2v) is 6.64. The maximum atomic E-state index is 12.4. The number of benzene rings is 1. The van der Waals surface area contributed by atoms with Crippen molar-refractivity contribution < 1.29 is 19.1 Å². The third kappa shape index (κ3) is 7.37. The van der Waals surface area contributed by atoms with Gasteiger partial charge in [-0.3, -0.25) is 14.4 Å². The first-order valence-corrected chi connectivity index (χ1v) is 8.55. The number of amides is 2. The normalized spacial score (nSPS) is 12.0. The van der Waals surface area contributed by atoms with Gasteiger partial charge in [-0.05, 0) is 38.8 Å². The molecule has 25 heavy (non-hydrogen) atoms. The number of rotatable bonds is 8. The minimum atomic E-state index is -0.672. The molecule has 6 heteroatoms. The van der Waals surface area contributed by atoms with E-state index < -0.39 is 6.04 Å². The van der Waals surface area contributed by atoms with Crippen molar-refractivity contribution in [3.8, 4) is 0 Å². The zero-order valence-corrected chi connectivity index (χ0v) is 15.6. The Morgan fingerprint density at radius 1 is 1.12 bits per heavy atom. The topological polar surface area (TPSA) is 84.5 Å². The fourth-order valence-corrected chi connectivity index (χ4v) is 2.27. The van der Waals surface area contributed by atoms with E-state index in [0.29, 0.717) is 5.56 Å². The van der Waals surface area contributed by atoms with E-state index in [0.717, 1.165) is 5.56 Å². The standard InChI is InChI=1S/C19H28N2O4/c1-12(2)17(19(24)20-10-9-16(22)25-13(3)4)21-18(23)15-8-6-7-14(5)11-15/h6-8,11-13,17H,9-10H2,1-5H3,(H,20,24)(H,21,23). The largest absolute Gasteiger partial charge is 0.463 e. The highest BCUT2D eigenvalue weighted by molar-refractivity contribution is 5.97. The molecule has 1 unspecified atom stereocenters. The zero-order valence-electron chi connectivity index (χ0n) is 15.6. The van der Waals surface area contributed by atoms with Gasteiger partial charge in [-0.25, -0.2) is 0 Å². The number of nitrogens with one attached hydrogen (secondary N) is 2. The monoisotopic (exact) mass is 348 g/mol. The van der Waals surface area contributed by atoms with Crippen molar-refractivity contribution in [2.24, 2.45) is 5.92 Å². The second kappa shape index (κ2) is 9.81. The van der Waals surface area contributed by atoms with Crippen LogP contribution in [0, 0.1) is 12.8 Å². The summed E-state index contributed by atoms with van der Waals surface area (Å²) in [7, 11) is 0. The first-order chi connectivity index (χ1) is 11.7. The Hall–Kier alpha value is -2.37. The summed E-state index contributed by atoms with van der Waals surface area (Å²) in [6, 6.07) is 6.51. The maximum absolute atomic E-state index is 12.4. The molecule has 2 N–H and O–H groups in total. The Labute approximate surface area is 149 Å². The van der Waals surface area contributed by atoms with Gasteiger partial charge in [0.2, 0.25) is 5.91 Å². The molecule has 6 nitrogen and oxygen atoms in total. The lowest BCUT2D eigenvalue weighted by Gasteiger charge is -2.22. The van der Waals surface area contributed by atoms with Gasteiger partial charge < -0.3 is 15.4 Å². The molecule has 0 bridgehead atoms. The van der Waals surface area contributed by atoms with Gasteiger partial charge in [-0.1, -0.05) is 31.5 Å². The molecule has 2 amide bonds. The van der Waals surface area contributed by atoms with Crippen molar-refractivity contribution in [2.45, 2.75) is 53.2 Å². The molecule has 0 fully saturated rings. The molecular formula is C19H28N2O4. The molecule has 0 spiro atoms. The number of carbonyl (C=O) groups excluding carboxylic acids is 3. The van der Waals surface area contributed by atoms with Crippen molar-refractivity contribution in [1.82, 2.24) is 10.6 Å². The van der Waals surface area contributed by atoms with Crippen molar-refractivity contribution >= 4 is 17.8 Å². The summed E-state index contributed by atoms with van der Waals surface area (Å²) >= 11 is 0. The first-order valence-electron chi connectivity index (χ1n) is 8.55. The lowest BCUT2D eigenvalue weighted by molar-refractivity contribution is -0.147. The van der Waals surface area contributed by atoms with Crippen LogP contribution in [0.25, 0.3) is 0 Å². The second-order valence-electron chi connectivity index (χ2n) is 6.64. The van der Waals surface area contributed by atoms with Gasteiger partial charge in [-0.2, -0.15) is 0 Å². The van der Waals surface area contributed by atoms with Crippen LogP contribution in [-0.4, -0.2) is 36.5 Å². The van der Waals surface area contributed by atoms with E-state index in [-0.39, 0.29) is 42.8 Å². The molecule has 138 valence electrons. The number of ether oxygens (including phenoxy) is 1. The molecule has 0 aliphatic heterocycles. The average Bonchev–Trinajstić information content (AvgIpc) is 2.51. The van der Waals surface area contributed by atoms with Crippen LogP contribution in [0.5, 0.6) is 0 Å². The molecule has 0 radical (unpaired) electrons. The molecule has 0 heterocycles. The number of hydrogen-bond acceptors (Lipinski definition) is 4. The Balaban J connectivity index is 2.59. The number of esters is 1. The minimum Gasteiger partial charge on any atom is -0.463 e. The highest BCUT2D eigenvalue weighted by Crippen LogP contribution is 2.07. The van der Waals surface area contributed by atoms with E-state index >= 15 is 0 Å². The molecule has 0 saturated carbocycles. The average molecular weight is 348 g/mol. The molecule has 1 rings (SSSR count). The SMILES string of the molecule is Cc1cccc(C(=O)NC(C(=O)NCCC(=O)OC(C)C)C(C)C)c1. The fourth-order valence-electron chi connectivity index (χ4n) is 2.27. The molecule has 0 aromatic heterocycles. The lowest BCUT2D eigenvalue weighted by Crippen LogP contribution is -2.50. The predicted octanol–water partition coefficient (Wildman–Crippen LogP) is 2.21. The molecule has 0 aliphatic rings. The summed E-state index contributed by atoms with van der Waals surface area (Å²) in [5.74, 6) is -1.05. The van der Waals surface area contributed by atoms with E-state index in [9.17, 15) is 14.4 Å². The van der Waals surface area contributed by atoms with Crippen LogP contribution in [0.1, 0.15) is 50.0 Å². The number of carbonyl (C=O) groups is 3. The van der Waals surface area contributed by atoms with E-state index in [4.69, 9.17) is 4.74 Å². The fraction of sp³-hybridized carbons (Fsp3) is 0.526. The van der Waals surface area contributed by atoms with Crippen LogP contribution in [0.15, 0.2) is 24.3 Å². The van der Waals surface area contributed by atoms with Crippen LogP contribution in [-0.2, 0) is 14.3 Å². The molecule has 0 aliphatic carbocycles. The van der Waals surface area contributed by atoms with E-state index in [2.05, 4.69) is 10.6 Å². The molecule has 0 saturated heterocycles. The number of aryl methyl sites for hydroxylation is 1. The predicted molar refractivity (Wildman–Crippen MR) is 96.1 cm³/mol. The van der Waals surface area contributed by atoms with Crippen LogP contribution >= 0.6 is 0 Å². The third-order valence-corrected chi connectivity index (χ3v) is 3.51. The summed E-state index contributed by atoms with van der Waals surface area (Å²) < 4.78 is 5.01.